The summed E-state index contributed by atoms with van der Waals surface area (Å²) in [4.78, 5) is 66.2. The lowest BCUT2D eigenvalue weighted by atomic mass is 10.1. The van der Waals surface area contributed by atoms with E-state index in [-0.39, 0.29) is 64.6 Å². The van der Waals surface area contributed by atoms with Crippen LogP contribution in [-0.4, -0.2) is 143 Å². The van der Waals surface area contributed by atoms with Crippen molar-refractivity contribution >= 4 is 51.4 Å². The van der Waals surface area contributed by atoms with E-state index in [1.807, 2.05) is 18.2 Å². The van der Waals surface area contributed by atoms with Gasteiger partial charge in [0.05, 0.1) is 95.6 Å². The number of rotatable bonds is 25. The third kappa shape index (κ3) is 13.0. The number of nitrogens with two attached hydrogens (primary N) is 1. The monoisotopic (exact) mass is 746 g/mol. The minimum atomic E-state index is -1.21. The van der Waals surface area contributed by atoms with Crippen LogP contribution in [0.3, 0.4) is 0 Å². The minimum absolute atomic E-state index is 0.00990. The number of carbonyl (C=O) groups excluding carboxylic acids is 4. The van der Waals surface area contributed by atoms with Crippen LogP contribution in [0.1, 0.15) is 45.4 Å². The fourth-order valence-electron chi connectivity index (χ4n) is 5.40. The molecule has 3 aromatic rings. The van der Waals surface area contributed by atoms with Crippen LogP contribution in [-0.2, 0) is 60.8 Å². The lowest BCUT2D eigenvalue weighted by molar-refractivity contribution is -0.198. The summed E-state index contributed by atoms with van der Waals surface area (Å²) in [6.45, 7) is 6.02. The van der Waals surface area contributed by atoms with Crippen LogP contribution in [0.25, 0.3) is 21.9 Å². The number of nitrogens with zero attached hydrogens (tertiary/aromatic N) is 5. The van der Waals surface area contributed by atoms with E-state index >= 15 is 0 Å². The molecule has 0 aliphatic carbocycles. The zero-order chi connectivity index (χ0) is 38.2. The highest BCUT2D eigenvalue weighted by Gasteiger charge is 2.34. The molecule has 3 heterocycles. The second-order valence-corrected chi connectivity index (χ2v) is 12.8. The summed E-state index contributed by atoms with van der Waals surface area (Å²) >= 11 is 0. The van der Waals surface area contributed by atoms with Gasteiger partial charge in [-0.15, -0.1) is 5.06 Å². The van der Waals surface area contributed by atoms with Crippen molar-refractivity contribution in [2.45, 2.75) is 58.2 Å². The Labute approximate surface area is 307 Å². The maximum Gasteiger partial charge on any atom is 0.352 e. The van der Waals surface area contributed by atoms with Crippen LogP contribution in [0.15, 0.2) is 24.3 Å². The van der Waals surface area contributed by atoms with E-state index in [0.29, 0.717) is 80.1 Å². The zero-order valence-corrected chi connectivity index (χ0v) is 30.3. The van der Waals surface area contributed by atoms with E-state index in [0.717, 1.165) is 5.39 Å². The molecule has 0 spiro atoms. The van der Waals surface area contributed by atoms with Crippen molar-refractivity contribution in [1.82, 2.24) is 24.5 Å². The number of para-hydroxylation sites is 1. The molecule has 18 nitrogen and oxygen atoms in total. The van der Waals surface area contributed by atoms with E-state index in [9.17, 15) is 24.3 Å². The first-order valence-electron chi connectivity index (χ1n) is 17.6. The van der Waals surface area contributed by atoms with E-state index in [4.69, 9.17) is 44.3 Å². The van der Waals surface area contributed by atoms with E-state index < -0.39 is 35.8 Å². The number of fused-ring (bicyclic) bond motifs is 3. The number of hydrogen-bond acceptors (Lipinski definition) is 15. The Morgan fingerprint density at radius 1 is 0.868 bits per heavy atom. The van der Waals surface area contributed by atoms with Gasteiger partial charge < -0.3 is 53.9 Å². The SMILES string of the molecule is CC(C)(O)Cn1c(CN(CC(=O)ON2C(=O)CCC2=O)C(=O)CCOCCOCCOCCOCCOCCCO)nc2c(N)nc3ccccc3c21. The van der Waals surface area contributed by atoms with Crippen molar-refractivity contribution in [2.75, 3.05) is 85.0 Å². The number of hydrogen-bond donors (Lipinski definition) is 3. The fourth-order valence-corrected chi connectivity index (χ4v) is 5.40. The van der Waals surface area contributed by atoms with Crippen LogP contribution in [0.4, 0.5) is 5.82 Å². The average molecular weight is 747 g/mol. The van der Waals surface area contributed by atoms with Gasteiger partial charge in [0.15, 0.2) is 5.82 Å². The van der Waals surface area contributed by atoms with Gasteiger partial charge in [-0.05, 0) is 26.3 Å². The number of ether oxygens (including phenoxy) is 5. The number of pyridine rings is 1. The van der Waals surface area contributed by atoms with Crippen molar-refractivity contribution in [3.05, 3.63) is 30.1 Å². The van der Waals surface area contributed by atoms with Crippen LogP contribution in [0, 0.1) is 0 Å². The lowest BCUT2D eigenvalue weighted by Crippen LogP contribution is -2.41. The molecule has 2 aromatic heterocycles. The van der Waals surface area contributed by atoms with Crippen molar-refractivity contribution < 1.29 is 57.9 Å². The van der Waals surface area contributed by atoms with Gasteiger partial charge in [0, 0.05) is 31.4 Å². The molecular weight excluding hydrogens is 696 g/mol. The van der Waals surface area contributed by atoms with Crippen molar-refractivity contribution in [1.29, 1.82) is 0 Å². The number of aromatic nitrogens is 3. The van der Waals surface area contributed by atoms with Gasteiger partial charge in [-0.3, -0.25) is 14.4 Å². The second kappa shape index (κ2) is 20.8. The smallest absolute Gasteiger partial charge is 0.352 e. The molecule has 1 aliphatic rings. The van der Waals surface area contributed by atoms with Gasteiger partial charge in [0.25, 0.3) is 11.8 Å². The Kier molecular flexibility index (Phi) is 16.3. The molecule has 1 aromatic carbocycles. The summed E-state index contributed by atoms with van der Waals surface area (Å²) in [5.74, 6) is -2.31. The van der Waals surface area contributed by atoms with Gasteiger partial charge in [0.1, 0.15) is 17.9 Å². The molecule has 1 fully saturated rings. The molecule has 0 radical (unpaired) electrons. The van der Waals surface area contributed by atoms with Gasteiger partial charge >= 0.3 is 5.97 Å². The molecule has 18 heteroatoms. The third-order valence-electron chi connectivity index (χ3n) is 7.83. The zero-order valence-electron chi connectivity index (χ0n) is 30.3. The van der Waals surface area contributed by atoms with Gasteiger partial charge in [-0.2, -0.15) is 0 Å². The fraction of sp³-hybridized carbons (Fsp3) is 0.600. The summed E-state index contributed by atoms with van der Waals surface area (Å²) in [6, 6.07) is 7.32. The number of hydroxylamine groups is 2. The normalized spacial score (nSPS) is 13.5. The third-order valence-corrected chi connectivity index (χ3v) is 7.83. The number of imide groups is 1. The molecule has 1 saturated heterocycles. The molecule has 0 unspecified atom stereocenters. The maximum atomic E-state index is 13.6. The number of aliphatic hydroxyl groups is 2. The molecule has 3 amide bonds. The van der Waals surface area contributed by atoms with Gasteiger partial charge in [-0.25, -0.2) is 14.8 Å². The standard InChI is InChI=1S/C35H50N6O12/c1-35(2,47)24-40-27(38-32-33(40)25-6-3-4-7-26(25)37-34(32)36)22-39(23-31(46)53-41-29(44)8-9-30(41)45)28(43)10-13-49-15-17-51-19-21-52-20-18-50-16-14-48-12-5-11-42/h3-4,6-7,42,47H,5,8-24H2,1-2H3,(H2,36,37). The van der Waals surface area contributed by atoms with Crippen LogP contribution in [0.5, 0.6) is 0 Å². The Balaban J connectivity index is 1.33. The number of nitrogen functional groups attached to an aromatic ring is 1. The summed E-state index contributed by atoms with van der Waals surface area (Å²) in [5, 5.41) is 20.7. The summed E-state index contributed by atoms with van der Waals surface area (Å²) < 4.78 is 29.0. The highest BCUT2D eigenvalue weighted by Crippen LogP contribution is 2.30. The Morgan fingerprint density at radius 2 is 1.43 bits per heavy atom. The first-order chi connectivity index (χ1) is 25.5. The molecule has 0 atom stereocenters. The molecule has 4 N–H and O–H groups in total. The number of benzene rings is 1. The minimum Gasteiger partial charge on any atom is -0.396 e. The van der Waals surface area contributed by atoms with Gasteiger partial charge in [0.2, 0.25) is 5.91 Å². The quantitative estimate of drug-likeness (QED) is 0.0802. The maximum absolute atomic E-state index is 13.6. The molecule has 53 heavy (non-hydrogen) atoms. The van der Waals surface area contributed by atoms with Crippen molar-refractivity contribution in [3.8, 4) is 0 Å². The number of anilines is 1. The van der Waals surface area contributed by atoms with Crippen molar-refractivity contribution in [3.63, 3.8) is 0 Å². The molecule has 4 rings (SSSR count). The average Bonchev–Trinajstić information content (AvgIpc) is 3.63. The highest BCUT2D eigenvalue weighted by atomic mass is 16.7. The van der Waals surface area contributed by atoms with Crippen LogP contribution >= 0.6 is 0 Å². The van der Waals surface area contributed by atoms with Crippen LogP contribution < -0.4 is 5.73 Å². The molecule has 0 bridgehead atoms. The number of aliphatic hydroxyl groups excluding tert-OH is 1. The Morgan fingerprint density at radius 3 is 2.02 bits per heavy atom. The van der Waals surface area contributed by atoms with Crippen LogP contribution in [0.2, 0.25) is 0 Å². The predicted octanol–water partition coefficient (Wildman–Crippen LogP) is 0.729. The first-order valence-corrected chi connectivity index (χ1v) is 17.6. The topological polar surface area (TPSA) is 227 Å². The summed E-state index contributed by atoms with van der Waals surface area (Å²) in [6.07, 6.45) is 0.322. The molecule has 1 aliphatic heterocycles. The summed E-state index contributed by atoms with van der Waals surface area (Å²) in [5.41, 5.74) is 6.69. The molecule has 292 valence electrons. The number of imidazole rings is 1. The van der Waals surface area contributed by atoms with E-state index in [2.05, 4.69) is 4.98 Å². The molecular formula is C35H50N6O12. The summed E-state index contributed by atoms with van der Waals surface area (Å²) in [7, 11) is 0. The van der Waals surface area contributed by atoms with Gasteiger partial charge in [-0.1, -0.05) is 18.2 Å². The Hall–Kier alpha value is -4.30. The predicted molar refractivity (Wildman–Crippen MR) is 189 cm³/mol. The number of carbonyl (C=O) groups is 4. The first kappa shape index (κ1) is 41.5. The van der Waals surface area contributed by atoms with E-state index in [1.54, 1.807) is 24.5 Å². The number of amides is 3. The van der Waals surface area contributed by atoms with E-state index in [1.165, 1.54) is 4.90 Å². The van der Waals surface area contributed by atoms with Crippen molar-refractivity contribution in [2.24, 2.45) is 0 Å². The Bertz CT molecular complexity index is 1660. The largest absolute Gasteiger partial charge is 0.396 e. The second-order valence-electron chi connectivity index (χ2n) is 12.8. The lowest BCUT2D eigenvalue weighted by Gasteiger charge is -2.25. The molecule has 0 saturated carbocycles. The highest BCUT2D eigenvalue weighted by molar-refractivity contribution is 6.06.